The smallest absolute Gasteiger partial charge is 0.391 e. The van der Waals surface area contributed by atoms with Crippen molar-refractivity contribution in [1.82, 2.24) is 0 Å². The van der Waals surface area contributed by atoms with Gasteiger partial charge >= 0.3 is 6.18 Å². The molecule has 5 heteroatoms. The zero-order valence-corrected chi connectivity index (χ0v) is 8.32. The molecule has 0 spiro atoms. The fourth-order valence-corrected chi connectivity index (χ4v) is 2.47. The molecular weight excluding hydrogens is 225 g/mol. The van der Waals surface area contributed by atoms with Crippen LogP contribution in [0.3, 0.4) is 0 Å². The number of rotatable bonds is 1. The van der Waals surface area contributed by atoms with Gasteiger partial charge in [-0.15, -0.1) is 11.3 Å². The van der Waals surface area contributed by atoms with E-state index < -0.39 is 11.7 Å². The molecule has 0 fully saturated rings. The summed E-state index contributed by atoms with van der Waals surface area (Å²) in [6.45, 7) is -0.226. The molecule has 0 saturated heterocycles. The van der Waals surface area contributed by atoms with E-state index in [9.17, 15) is 13.2 Å². The maximum absolute atomic E-state index is 12.6. The van der Waals surface area contributed by atoms with E-state index >= 15 is 0 Å². The highest BCUT2D eigenvalue weighted by molar-refractivity contribution is 7.19. The molecule has 2 aromatic rings. The van der Waals surface area contributed by atoms with Crippen LogP contribution < -0.4 is 0 Å². The van der Waals surface area contributed by atoms with E-state index in [1.54, 1.807) is 12.1 Å². The average Bonchev–Trinajstić information content (AvgIpc) is 2.57. The summed E-state index contributed by atoms with van der Waals surface area (Å²) in [5.74, 6) is 0. The lowest BCUT2D eigenvalue weighted by Crippen LogP contribution is -2.04. The van der Waals surface area contributed by atoms with E-state index in [1.807, 2.05) is 0 Å². The zero-order chi connectivity index (χ0) is 11.1. The second-order valence-electron chi connectivity index (χ2n) is 3.09. The SMILES string of the molecule is OCc1cc2cccc(C(F)(F)F)c2s1. The molecule has 1 nitrogen and oxygen atoms in total. The number of fused-ring (bicyclic) bond motifs is 1. The maximum Gasteiger partial charge on any atom is 0.417 e. The molecule has 0 unspecified atom stereocenters. The Labute approximate surface area is 87.8 Å². The summed E-state index contributed by atoms with van der Waals surface area (Å²) in [4.78, 5) is 0.543. The van der Waals surface area contributed by atoms with Gasteiger partial charge in [0.05, 0.1) is 12.2 Å². The van der Waals surface area contributed by atoms with Crippen molar-refractivity contribution in [3.05, 3.63) is 34.7 Å². The van der Waals surface area contributed by atoms with E-state index in [1.165, 1.54) is 6.07 Å². The van der Waals surface area contributed by atoms with E-state index in [0.717, 1.165) is 17.4 Å². The molecule has 0 amide bonds. The number of hydrogen-bond donors (Lipinski definition) is 1. The predicted molar refractivity (Wildman–Crippen MR) is 52.7 cm³/mol. The quantitative estimate of drug-likeness (QED) is 0.798. The molecule has 0 radical (unpaired) electrons. The Balaban J connectivity index is 2.70. The van der Waals surface area contributed by atoms with Gasteiger partial charge in [-0.2, -0.15) is 13.2 Å². The van der Waals surface area contributed by atoms with Crippen LogP contribution in [0, 0.1) is 0 Å². The van der Waals surface area contributed by atoms with Gasteiger partial charge in [0.1, 0.15) is 0 Å². The number of aliphatic hydroxyl groups is 1. The molecule has 0 aliphatic heterocycles. The summed E-state index contributed by atoms with van der Waals surface area (Å²) in [6, 6.07) is 5.62. The highest BCUT2D eigenvalue weighted by Crippen LogP contribution is 2.38. The Bertz CT molecular complexity index is 487. The van der Waals surface area contributed by atoms with Crippen LogP contribution >= 0.6 is 11.3 Å². The molecule has 2 rings (SSSR count). The molecule has 15 heavy (non-hydrogen) atoms. The van der Waals surface area contributed by atoms with Crippen LogP contribution in [0.5, 0.6) is 0 Å². The first-order valence-electron chi connectivity index (χ1n) is 4.22. The second kappa shape index (κ2) is 3.50. The fourth-order valence-electron chi connectivity index (χ4n) is 1.42. The molecular formula is C10H7F3OS. The molecule has 0 saturated carbocycles. The third-order valence-electron chi connectivity index (χ3n) is 2.06. The number of benzene rings is 1. The lowest BCUT2D eigenvalue weighted by atomic mass is 10.1. The fraction of sp³-hybridized carbons (Fsp3) is 0.200. The zero-order valence-electron chi connectivity index (χ0n) is 7.51. The normalized spacial score (nSPS) is 12.3. The first-order chi connectivity index (χ1) is 7.02. The summed E-state index contributed by atoms with van der Waals surface area (Å²) in [6.07, 6.45) is -4.34. The molecule has 0 bridgehead atoms. The average molecular weight is 232 g/mol. The lowest BCUT2D eigenvalue weighted by molar-refractivity contribution is -0.136. The Hall–Kier alpha value is -1.07. The van der Waals surface area contributed by atoms with Crippen molar-refractivity contribution in [1.29, 1.82) is 0 Å². The minimum atomic E-state index is -4.34. The summed E-state index contributed by atoms with van der Waals surface area (Å²) in [5, 5.41) is 9.39. The molecule has 80 valence electrons. The van der Waals surface area contributed by atoms with Crippen molar-refractivity contribution in [2.24, 2.45) is 0 Å². The van der Waals surface area contributed by atoms with Gasteiger partial charge in [-0.1, -0.05) is 12.1 Å². The van der Waals surface area contributed by atoms with Crippen molar-refractivity contribution in [3.63, 3.8) is 0 Å². The third kappa shape index (κ3) is 1.85. The van der Waals surface area contributed by atoms with E-state index in [2.05, 4.69) is 0 Å². The number of aliphatic hydroxyl groups excluding tert-OH is 1. The maximum atomic E-state index is 12.6. The number of hydrogen-bond acceptors (Lipinski definition) is 2. The second-order valence-corrected chi connectivity index (χ2v) is 4.23. The van der Waals surface area contributed by atoms with Gasteiger partial charge in [0.25, 0.3) is 0 Å². The van der Waals surface area contributed by atoms with Crippen molar-refractivity contribution < 1.29 is 18.3 Å². The van der Waals surface area contributed by atoms with Crippen molar-refractivity contribution >= 4 is 21.4 Å². The van der Waals surface area contributed by atoms with Crippen LogP contribution in [0.1, 0.15) is 10.4 Å². The van der Waals surface area contributed by atoms with Gasteiger partial charge in [-0.3, -0.25) is 0 Å². The first-order valence-corrected chi connectivity index (χ1v) is 5.03. The first kappa shape index (κ1) is 10.4. The van der Waals surface area contributed by atoms with E-state index in [-0.39, 0.29) is 11.3 Å². The summed E-state index contributed by atoms with van der Waals surface area (Å²) in [5.41, 5.74) is -0.635. The summed E-state index contributed by atoms with van der Waals surface area (Å²) in [7, 11) is 0. The molecule has 1 aromatic carbocycles. The molecule has 1 N–H and O–H groups in total. The van der Waals surface area contributed by atoms with E-state index in [4.69, 9.17) is 5.11 Å². The van der Waals surface area contributed by atoms with Gasteiger partial charge in [0, 0.05) is 9.58 Å². The van der Waals surface area contributed by atoms with Crippen LogP contribution in [-0.2, 0) is 12.8 Å². The van der Waals surface area contributed by atoms with Crippen molar-refractivity contribution in [3.8, 4) is 0 Å². The Morgan fingerprint density at radius 2 is 2.00 bits per heavy atom. The van der Waals surface area contributed by atoms with Crippen LogP contribution in [0.4, 0.5) is 13.2 Å². The highest BCUT2D eigenvalue weighted by Gasteiger charge is 2.32. The largest absolute Gasteiger partial charge is 0.417 e. The molecule has 1 aromatic heterocycles. The molecule has 0 aliphatic rings. The van der Waals surface area contributed by atoms with Gasteiger partial charge < -0.3 is 5.11 Å². The third-order valence-corrected chi connectivity index (χ3v) is 3.23. The Kier molecular flexibility index (Phi) is 2.44. The minimum absolute atomic E-state index is 0.189. The van der Waals surface area contributed by atoms with Gasteiger partial charge in [-0.05, 0) is 17.5 Å². The molecule has 0 atom stereocenters. The molecule has 0 aliphatic carbocycles. The van der Waals surface area contributed by atoms with Crippen LogP contribution in [0.15, 0.2) is 24.3 Å². The number of halogens is 3. The van der Waals surface area contributed by atoms with Gasteiger partial charge in [0.2, 0.25) is 0 Å². The van der Waals surface area contributed by atoms with Gasteiger partial charge in [0.15, 0.2) is 0 Å². The monoisotopic (exact) mass is 232 g/mol. The number of alkyl halides is 3. The van der Waals surface area contributed by atoms with Gasteiger partial charge in [-0.25, -0.2) is 0 Å². The lowest BCUT2D eigenvalue weighted by Gasteiger charge is -2.06. The van der Waals surface area contributed by atoms with Crippen LogP contribution in [-0.4, -0.2) is 5.11 Å². The highest BCUT2D eigenvalue weighted by atomic mass is 32.1. The number of thiophene rings is 1. The molecule has 1 heterocycles. The van der Waals surface area contributed by atoms with E-state index in [0.29, 0.717) is 10.3 Å². The summed E-state index contributed by atoms with van der Waals surface area (Å²) >= 11 is 0.981. The summed E-state index contributed by atoms with van der Waals surface area (Å²) < 4.78 is 37.9. The standard InChI is InChI=1S/C10H7F3OS/c11-10(12,13)8-3-1-2-6-4-7(5-14)15-9(6)8/h1-4,14H,5H2. The van der Waals surface area contributed by atoms with Crippen molar-refractivity contribution in [2.45, 2.75) is 12.8 Å². The van der Waals surface area contributed by atoms with Crippen LogP contribution in [0.25, 0.3) is 10.1 Å². The van der Waals surface area contributed by atoms with Crippen molar-refractivity contribution in [2.75, 3.05) is 0 Å². The predicted octanol–water partition coefficient (Wildman–Crippen LogP) is 3.41. The Morgan fingerprint density at radius 3 is 2.60 bits per heavy atom. The Morgan fingerprint density at radius 1 is 1.27 bits per heavy atom. The minimum Gasteiger partial charge on any atom is -0.391 e. The van der Waals surface area contributed by atoms with Crippen LogP contribution in [0.2, 0.25) is 0 Å². The topological polar surface area (TPSA) is 20.2 Å².